The van der Waals surface area contributed by atoms with E-state index in [4.69, 9.17) is 14.0 Å². The van der Waals surface area contributed by atoms with E-state index in [2.05, 4.69) is 20.0 Å². The summed E-state index contributed by atoms with van der Waals surface area (Å²) in [4.78, 5) is 11.0. The maximum absolute atomic E-state index is 5.75. The van der Waals surface area contributed by atoms with Crippen LogP contribution in [0.15, 0.2) is 22.9 Å². The smallest absolute Gasteiger partial charge is 0.259 e. The average molecular weight is 302 g/mol. The summed E-state index contributed by atoms with van der Waals surface area (Å²) in [5.41, 5.74) is 0.834. The first kappa shape index (κ1) is 13.7. The van der Waals surface area contributed by atoms with Crippen molar-refractivity contribution in [1.29, 1.82) is 0 Å². The Morgan fingerprint density at radius 2 is 1.91 bits per heavy atom. The van der Waals surface area contributed by atoms with E-state index in [0.717, 1.165) is 37.3 Å². The van der Waals surface area contributed by atoms with Crippen molar-refractivity contribution in [1.82, 2.24) is 15.1 Å². The lowest BCUT2D eigenvalue weighted by molar-refractivity contribution is -0.169. The summed E-state index contributed by atoms with van der Waals surface area (Å²) in [6.07, 6.45) is 3.52. The Balaban J connectivity index is 1.45. The van der Waals surface area contributed by atoms with Crippen LogP contribution >= 0.6 is 0 Å². The van der Waals surface area contributed by atoms with Gasteiger partial charge >= 0.3 is 0 Å². The molecule has 1 spiro atoms. The highest BCUT2D eigenvalue weighted by Crippen LogP contribution is 2.32. The van der Waals surface area contributed by atoms with Crippen molar-refractivity contribution in [3.05, 3.63) is 24.2 Å². The Hall–Kier alpha value is -1.99. The summed E-state index contributed by atoms with van der Waals surface area (Å²) >= 11 is 0. The number of rotatable bonds is 2. The van der Waals surface area contributed by atoms with Crippen LogP contribution in [0.1, 0.15) is 18.7 Å². The number of hydrogen-bond donors (Lipinski definition) is 0. The van der Waals surface area contributed by atoms with Crippen LogP contribution in [0.2, 0.25) is 0 Å². The first-order chi connectivity index (χ1) is 10.7. The molecule has 2 aliphatic rings. The molecule has 0 aliphatic carbocycles. The molecule has 7 heteroatoms. The Morgan fingerprint density at radius 1 is 1.14 bits per heavy atom. The van der Waals surface area contributed by atoms with E-state index < -0.39 is 0 Å². The van der Waals surface area contributed by atoms with Gasteiger partial charge in [0.05, 0.1) is 18.8 Å². The minimum absolute atomic E-state index is 0.349. The Morgan fingerprint density at radius 3 is 2.50 bits per heavy atom. The average Bonchev–Trinajstić information content (AvgIpc) is 3.18. The molecule has 2 aromatic heterocycles. The molecule has 0 N–H and O–H groups in total. The SMILES string of the molecule is Cc1noc(-c2ccc(N3CCC4(CC3)OCCO4)nc2)n1. The molecular formula is C15H18N4O3. The second kappa shape index (κ2) is 5.33. The molecule has 2 fully saturated rings. The summed E-state index contributed by atoms with van der Waals surface area (Å²) in [6, 6.07) is 3.95. The molecule has 116 valence electrons. The number of aromatic nitrogens is 3. The number of pyridine rings is 1. The molecule has 2 aromatic rings. The van der Waals surface area contributed by atoms with Crippen molar-refractivity contribution in [3.63, 3.8) is 0 Å². The monoisotopic (exact) mass is 302 g/mol. The van der Waals surface area contributed by atoms with Gasteiger partial charge in [0, 0.05) is 32.1 Å². The fourth-order valence-corrected chi connectivity index (χ4v) is 2.98. The Labute approximate surface area is 128 Å². The third kappa shape index (κ3) is 2.46. The van der Waals surface area contributed by atoms with Crippen LogP contribution in [0.5, 0.6) is 0 Å². The molecular weight excluding hydrogens is 284 g/mol. The predicted octanol–water partition coefficient (Wildman–Crippen LogP) is 1.78. The molecule has 4 rings (SSSR count). The molecule has 7 nitrogen and oxygen atoms in total. The van der Waals surface area contributed by atoms with Gasteiger partial charge in [-0.2, -0.15) is 4.98 Å². The van der Waals surface area contributed by atoms with E-state index in [1.165, 1.54) is 0 Å². The predicted molar refractivity (Wildman–Crippen MR) is 78.3 cm³/mol. The van der Waals surface area contributed by atoms with Gasteiger partial charge in [-0.15, -0.1) is 0 Å². The third-order valence-corrected chi connectivity index (χ3v) is 4.19. The summed E-state index contributed by atoms with van der Waals surface area (Å²) in [5.74, 6) is 1.73. The van der Waals surface area contributed by atoms with E-state index >= 15 is 0 Å². The highest BCUT2D eigenvalue weighted by molar-refractivity contribution is 5.54. The van der Waals surface area contributed by atoms with Crippen molar-refractivity contribution in [2.75, 3.05) is 31.2 Å². The summed E-state index contributed by atoms with van der Waals surface area (Å²) < 4.78 is 16.6. The van der Waals surface area contributed by atoms with E-state index in [1.807, 2.05) is 12.1 Å². The quantitative estimate of drug-likeness (QED) is 0.837. The highest BCUT2D eigenvalue weighted by atomic mass is 16.7. The van der Waals surface area contributed by atoms with Crippen molar-refractivity contribution in [2.45, 2.75) is 25.6 Å². The Kier molecular flexibility index (Phi) is 3.31. The number of anilines is 1. The second-order valence-electron chi connectivity index (χ2n) is 5.65. The summed E-state index contributed by atoms with van der Waals surface area (Å²) in [6.45, 7) is 4.97. The van der Waals surface area contributed by atoms with Gasteiger partial charge in [-0.25, -0.2) is 4.98 Å². The van der Waals surface area contributed by atoms with E-state index in [0.29, 0.717) is 24.9 Å². The lowest BCUT2D eigenvalue weighted by Crippen LogP contribution is -2.45. The van der Waals surface area contributed by atoms with Gasteiger partial charge < -0.3 is 18.9 Å². The topological polar surface area (TPSA) is 73.5 Å². The third-order valence-electron chi connectivity index (χ3n) is 4.19. The van der Waals surface area contributed by atoms with Gasteiger partial charge in [-0.1, -0.05) is 5.16 Å². The molecule has 0 atom stereocenters. The fraction of sp³-hybridized carbons (Fsp3) is 0.533. The first-order valence-corrected chi connectivity index (χ1v) is 7.54. The number of piperidine rings is 1. The van der Waals surface area contributed by atoms with Gasteiger partial charge in [0.15, 0.2) is 11.6 Å². The van der Waals surface area contributed by atoms with Gasteiger partial charge in [0.25, 0.3) is 5.89 Å². The van der Waals surface area contributed by atoms with Crippen LogP contribution in [0.4, 0.5) is 5.82 Å². The zero-order valence-electron chi connectivity index (χ0n) is 12.5. The van der Waals surface area contributed by atoms with Crippen LogP contribution in [-0.4, -0.2) is 47.2 Å². The first-order valence-electron chi connectivity index (χ1n) is 7.54. The number of ether oxygens (including phenoxy) is 2. The molecule has 4 heterocycles. The molecule has 2 aliphatic heterocycles. The normalized spacial score (nSPS) is 20.7. The molecule has 0 bridgehead atoms. The van der Waals surface area contributed by atoms with E-state index in [-0.39, 0.29) is 5.79 Å². The van der Waals surface area contributed by atoms with Gasteiger partial charge in [0.2, 0.25) is 0 Å². The standard InChI is InChI=1S/C15H18N4O3/c1-11-17-14(22-18-11)12-2-3-13(16-10-12)19-6-4-15(5-7-19)20-8-9-21-15/h2-3,10H,4-9H2,1H3. The molecule has 22 heavy (non-hydrogen) atoms. The lowest BCUT2D eigenvalue weighted by Gasteiger charge is -2.38. The second-order valence-corrected chi connectivity index (χ2v) is 5.65. The van der Waals surface area contributed by atoms with Crippen LogP contribution < -0.4 is 4.90 Å². The summed E-state index contributed by atoms with van der Waals surface area (Å²) in [5, 5.41) is 3.79. The molecule has 0 amide bonds. The molecule has 0 unspecified atom stereocenters. The van der Waals surface area contributed by atoms with Crippen LogP contribution in [0.25, 0.3) is 11.5 Å². The number of aryl methyl sites for hydroxylation is 1. The largest absolute Gasteiger partial charge is 0.356 e. The van der Waals surface area contributed by atoms with E-state index in [1.54, 1.807) is 13.1 Å². The van der Waals surface area contributed by atoms with Gasteiger partial charge in [-0.05, 0) is 19.1 Å². The Bertz CT molecular complexity index is 639. The van der Waals surface area contributed by atoms with E-state index in [9.17, 15) is 0 Å². The zero-order chi connectivity index (χ0) is 15.0. The maximum Gasteiger partial charge on any atom is 0.259 e. The zero-order valence-corrected chi connectivity index (χ0v) is 12.5. The molecule has 0 radical (unpaired) electrons. The fourth-order valence-electron chi connectivity index (χ4n) is 2.98. The van der Waals surface area contributed by atoms with Crippen molar-refractivity contribution >= 4 is 5.82 Å². The minimum atomic E-state index is -0.349. The molecule has 2 saturated heterocycles. The van der Waals surface area contributed by atoms with Crippen molar-refractivity contribution in [3.8, 4) is 11.5 Å². The molecule has 0 aromatic carbocycles. The van der Waals surface area contributed by atoms with Gasteiger partial charge in [-0.3, -0.25) is 0 Å². The maximum atomic E-state index is 5.75. The minimum Gasteiger partial charge on any atom is -0.356 e. The lowest BCUT2D eigenvalue weighted by atomic mass is 10.0. The highest BCUT2D eigenvalue weighted by Gasteiger charge is 2.39. The van der Waals surface area contributed by atoms with Gasteiger partial charge in [0.1, 0.15) is 5.82 Å². The number of hydrogen-bond acceptors (Lipinski definition) is 7. The summed E-state index contributed by atoms with van der Waals surface area (Å²) in [7, 11) is 0. The number of nitrogens with zero attached hydrogens (tertiary/aromatic N) is 4. The van der Waals surface area contributed by atoms with Crippen LogP contribution in [0, 0.1) is 6.92 Å². The molecule has 0 saturated carbocycles. The van der Waals surface area contributed by atoms with Crippen LogP contribution in [0.3, 0.4) is 0 Å². The van der Waals surface area contributed by atoms with Crippen molar-refractivity contribution in [2.24, 2.45) is 0 Å². The van der Waals surface area contributed by atoms with Crippen molar-refractivity contribution < 1.29 is 14.0 Å². The van der Waals surface area contributed by atoms with Crippen LogP contribution in [-0.2, 0) is 9.47 Å².